The third kappa shape index (κ3) is 4.70. The SMILES string of the molecule is CCOC(=O)C1=C(C)N=c2s/c(=C\c3ccc(OC)cc3)c(=O)n2[C@@H]1c1cc(OC)c(OC)cc1Br. The molecule has 188 valence electrons. The fourth-order valence-corrected chi connectivity index (χ4v) is 5.60. The number of carbonyl (C=O) groups excluding carboxylic acids is 1. The molecule has 2 aromatic carbocycles. The lowest BCUT2D eigenvalue weighted by atomic mass is 9.95. The van der Waals surface area contributed by atoms with Gasteiger partial charge in [0, 0.05) is 4.47 Å². The minimum absolute atomic E-state index is 0.192. The molecule has 8 nitrogen and oxygen atoms in total. The first-order chi connectivity index (χ1) is 17.3. The fraction of sp³-hybridized carbons (Fsp3) is 0.269. The second-order valence-electron chi connectivity index (χ2n) is 7.80. The molecular formula is C26H25BrN2O6S. The minimum Gasteiger partial charge on any atom is -0.497 e. The molecule has 0 amide bonds. The molecule has 0 aliphatic carbocycles. The summed E-state index contributed by atoms with van der Waals surface area (Å²) in [5.74, 6) is 1.17. The zero-order chi connectivity index (χ0) is 26.0. The summed E-state index contributed by atoms with van der Waals surface area (Å²) in [6.07, 6.45) is 1.80. The van der Waals surface area contributed by atoms with E-state index in [2.05, 4.69) is 20.9 Å². The highest BCUT2D eigenvalue weighted by Gasteiger charge is 2.35. The van der Waals surface area contributed by atoms with Crippen LogP contribution in [0.3, 0.4) is 0 Å². The summed E-state index contributed by atoms with van der Waals surface area (Å²) in [5, 5.41) is 0. The molecule has 3 aromatic rings. The van der Waals surface area contributed by atoms with Crippen LogP contribution in [0.5, 0.6) is 17.2 Å². The quantitative estimate of drug-likeness (QED) is 0.402. The summed E-state index contributed by atoms with van der Waals surface area (Å²) in [4.78, 5) is 32.0. The average molecular weight is 573 g/mol. The first kappa shape index (κ1) is 25.7. The number of nitrogens with zero attached hydrogens (tertiary/aromatic N) is 2. The van der Waals surface area contributed by atoms with Gasteiger partial charge in [0.2, 0.25) is 0 Å². The zero-order valence-corrected chi connectivity index (χ0v) is 22.9. The Kier molecular flexibility index (Phi) is 7.65. The van der Waals surface area contributed by atoms with Crippen LogP contribution in [0.15, 0.2) is 61.9 Å². The number of benzene rings is 2. The molecule has 1 aliphatic heterocycles. The summed E-state index contributed by atoms with van der Waals surface area (Å²) in [5.41, 5.74) is 1.98. The molecule has 0 unspecified atom stereocenters. The van der Waals surface area contributed by atoms with Crippen LogP contribution in [0, 0.1) is 0 Å². The van der Waals surface area contributed by atoms with Crippen molar-refractivity contribution in [2.75, 3.05) is 27.9 Å². The smallest absolute Gasteiger partial charge is 0.338 e. The summed E-state index contributed by atoms with van der Waals surface area (Å²) in [7, 11) is 4.67. The number of allylic oxidation sites excluding steroid dienone is 1. The lowest BCUT2D eigenvalue weighted by Crippen LogP contribution is -2.40. The number of methoxy groups -OCH3 is 3. The van der Waals surface area contributed by atoms with Gasteiger partial charge in [0.1, 0.15) is 5.75 Å². The lowest BCUT2D eigenvalue weighted by Gasteiger charge is -2.26. The largest absolute Gasteiger partial charge is 0.497 e. The molecule has 1 aromatic heterocycles. The summed E-state index contributed by atoms with van der Waals surface area (Å²) < 4.78 is 24.2. The van der Waals surface area contributed by atoms with E-state index in [4.69, 9.17) is 18.9 Å². The monoisotopic (exact) mass is 572 g/mol. The van der Waals surface area contributed by atoms with Crippen molar-refractivity contribution in [3.8, 4) is 17.2 Å². The van der Waals surface area contributed by atoms with Gasteiger partial charge in [-0.25, -0.2) is 9.79 Å². The fourth-order valence-electron chi connectivity index (χ4n) is 4.02. The van der Waals surface area contributed by atoms with Gasteiger partial charge in [0.25, 0.3) is 5.56 Å². The molecule has 1 aliphatic rings. The van der Waals surface area contributed by atoms with E-state index >= 15 is 0 Å². The van der Waals surface area contributed by atoms with Gasteiger partial charge in [0.15, 0.2) is 16.3 Å². The number of carbonyl (C=O) groups is 1. The Hall–Kier alpha value is -3.37. The van der Waals surface area contributed by atoms with E-state index in [1.54, 1.807) is 46.3 Å². The lowest BCUT2D eigenvalue weighted by molar-refractivity contribution is -0.139. The Balaban J connectivity index is 1.98. The predicted molar refractivity (Wildman–Crippen MR) is 141 cm³/mol. The third-order valence-electron chi connectivity index (χ3n) is 5.73. The standard InChI is InChI=1S/C26H25BrN2O6S/c1-6-35-25(31)22-14(2)28-26-29(23(22)17-12-19(33-4)20(34-5)13-18(17)27)24(30)21(36-26)11-15-7-9-16(32-3)10-8-15/h7-13,23H,6H2,1-5H3/b21-11-/t23-/m1/s1. The van der Waals surface area contributed by atoms with Crippen molar-refractivity contribution in [2.45, 2.75) is 19.9 Å². The van der Waals surface area contributed by atoms with Crippen LogP contribution >= 0.6 is 27.3 Å². The Bertz CT molecular complexity index is 1520. The highest BCUT2D eigenvalue weighted by atomic mass is 79.9. The number of rotatable bonds is 7. The molecule has 4 rings (SSSR count). The predicted octanol–water partition coefficient (Wildman–Crippen LogP) is 3.59. The van der Waals surface area contributed by atoms with E-state index in [-0.39, 0.29) is 17.7 Å². The Labute approximate surface area is 220 Å². The zero-order valence-electron chi connectivity index (χ0n) is 20.5. The molecular weight excluding hydrogens is 548 g/mol. The van der Waals surface area contributed by atoms with Gasteiger partial charge in [-0.3, -0.25) is 9.36 Å². The maximum absolute atomic E-state index is 13.8. The molecule has 0 saturated carbocycles. The Morgan fingerprint density at radius 3 is 2.39 bits per heavy atom. The van der Waals surface area contributed by atoms with Crippen molar-refractivity contribution in [1.29, 1.82) is 0 Å². The van der Waals surface area contributed by atoms with E-state index in [0.717, 1.165) is 11.3 Å². The van der Waals surface area contributed by atoms with Crippen LogP contribution in [0.2, 0.25) is 0 Å². The number of hydrogen-bond donors (Lipinski definition) is 0. The van der Waals surface area contributed by atoms with Crippen molar-refractivity contribution in [1.82, 2.24) is 4.57 Å². The van der Waals surface area contributed by atoms with Gasteiger partial charge >= 0.3 is 5.97 Å². The van der Waals surface area contributed by atoms with E-state index in [0.29, 0.717) is 36.6 Å². The number of halogens is 1. The molecule has 2 heterocycles. The molecule has 0 saturated heterocycles. The maximum Gasteiger partial charge on any atom is 0.338 e. The van der Waals surface area contributed by atoms with Crippen molar-refractivity contribution in [2.24, 2.45) is 4.99 Å². The average Bonchev–Trinajstić information content (AvgIpc) is 3.17. The van der Waals surface area contributed by atoms with Crippen molar-refractivity contribution in [3.05, 3.63) is 83.0 Å². The van der Waals surface area contributed by atoms with Crippen LogP contribution in [0.25, 0.3) is 6.08 Å². The summed E-state index contributed by atoms with van der Waals surface area (Å²) in [6.45, 7) is 3.67. The first-order valence-electron chi connectivity index (χ1n) is 11.1. The van der Waals surface area contributed by atoms with E-state index < -0.39 is 12.0 Å². The van der Waals surface area contributed by atoms with Crippen LogP contribution in [-0.2, 0) is 9.53 Å². The normalized spacial score (nSPS) is 15.3. The minimum atomic E-state index is -0.785. The molecule has 0 fully saturated rings. The van der Waals surface area contributed by atoms with Crippen LogP contribution in [0.1, 0.15) is 31.0 Å². The van der Waals surface area contributed by atoms with Gasteiger partial charge in [-0.05, 0) is 55.3 Å². The maximum atomic E-state index is 13.8. The van der Waals surface area contributed by atoms with Gasteiger partial charge in [-0.2, -0.15) is 0 Å². The topological polar surface area (TPSA) is 88.4 Å². The van der Waals surface area contributed by atoms with Crippen LogP contribution < -0.4 is 29.1 Å². The van der Waals surface area contributed by atoms with Crippen molar-refractivity contribution < 1.29 is 23.7 Å². The highest BCUT2D eigenvalue weighted by Crippen LogP contribution is 2.40. The molecule has 0 radical (unpaired) electrons. The molecule has 0 spiro atoms. The molecule has 0 bridgehead atoms. The van der Waals surface area contributed by atoms with Crippen molar-refractivity contribution in [3.63, 3.8) is 0 Å². The number of thiazole rings is 1. The number of aromatic nitrogens is 1. The number of fused-ring (bicyclic) bond motifs is 1. The number of hydrogen-bond acceptors (Lipinski definition) is 8. The van der Waals surface area contributed by atoms with E-state index in [1.807, 2.05) is 24.3 Å². The highest BCUT2D eigenvalue weighted by molar-refractivity contribution is 9.10. The van der Waals surface area contributed by atoms with Gasteiger partial charge in [-0.15, -0.1) is 0 Å². The van der Waals surface area contributed by atoms with Crippen molar-refractivity contribution >= 4 is 39.3 Å². The first-order valence-corrected chi connectivity index (χ1v) is 12.7. The summed E-state index contributed by atoms with van der Waals surface area (Å²) >= 11 is 4.86. The molecule has 10 heteroatoms. The van der Waals surface area contributed by atoms with E-state index in [1.165, 1.54) is 23.0 Å². The molecule has 1 atom stereocenters. The second-order valence-corrected chi connectivity index (χ2v) is 9.67. The van der Waals surface area contributed by atoms with Gasteiger partial charge < -0.3 is 18.9 Å². The van der Waals surface area contributed by atoms with E-state index in [9.17, 15) is 9.59 Å². The summed E-state index contributed by atoms with van der Waals surface area (Å²) in [6, 6.07) is 10.1. The molecule has 0 N–H and O–H groups in total. The number of esters is 1. The van der Waals surface area contributed by atoms with Crippen LogP contribution in [-0.4, -0.2) is 38.5 Å². The van der Waals surface area contributed by atoms with Gasteiger partial charge in [-0.1, -0.05) is 39.4 Å². The third-order valence-corrected chi connectivity index (χ3v) is 7.40. The van der Waals surface area contributed by atoms with Crippen LogP contribution in [0.4, 0.5) is 0 Å². The molecule has 36 heavy (non-hydrogen) atoms. The Morgan fingerprint density at radius 2 is 1.78 bits per heavy atom. The van der Waals surface area contributed by atoms with Gasteiger partial charge in [0.05, 0.1) is 49.8 Å². The Morgan fingerprint density at radius 1 is 1.11 bits per heavy atom. The number of ether oxygens (including phenoxy) is 4. The second kappa shape index (κ2) is 10.7.